The summed E-state index contributed by atoms with van der Waals surface area (Å²) >= 11 is 0. The molecule has 30 heavy (non-hydrogen) atoms. The van der Waals surface area contributed by atoms with Crippen molar-refractivity contribution in [2.45, 2.75) is 65.6 Å². The van der Waals surface area contributed by atoms with Crippen molar-refractivity contribution >= 4 is 10.9 Å². The topological polar surface area (TPSA) is 101 Å². The molecule has 0 aliphatic carbocycles. The number of H-pyrrole nitrogens is 1. The van der Waals surface area contributed by atoms with Crippen LogP contribution in [0.1, 0.15) is 63.5 Å². The largest absolute Gasteiger partial charge is 0.391 e. The van der Waals surface area contributed by atoms with E-state index >= 15 is 0 Å². The molecule has 0 radical (unpaired) electrons. The molecule has 0 bridgehead atoms. The normalized spacial score (nSPS) is 14.2. The minimum atomic E-state index is -0.257. The monoisotopic (exact) mass is 413 g/mol. The van der Waals surface area contributed by atoms with Crippen LogP contribution in [-0.2, 0) is 12.1 Å². The Kier molecular flexibility index (Phi) is 6.67. The summed E-state index contributed by atoms with van der Waals surface area (Å²) in [5.41, 5.74) is 2.30. The maximum Gasteiger partial charge on any atom is 0.257 e. The van der Waals surface area contributed by atoms with Crippen LogP contribution in [0.4, 0.5) is 0 Å². The number of aromatic nitrogens is 5. The van der Waals surface area contributed by atoms with Crippen LogP contribution in [-0.4, -0.2) is 43.4 Å². The second kappa shape index (κ2) is 9.06. The highest BCUT2D eigenvalue weighted by Gasteiger charge is 2.32. The fraction of sp³-hybridized carbons (Fsp3) is 0.545. The van der Waals surface area contributed by atoms with Crippen molar-refractivity contribution in [2.75, 3.05) is 13.2 Å². The lowest BCUT2D eigenvalue weighted by molar-refractivity contribution is -0.946. The van der Waals surface area contributed by atoms with Crippen LogP contribution in [0.2, 0.25) is 0 Å². The molecule has 0 fully saturated rings. The molecule has 2 heterocycles. The van der Waals surface area contributed by atoms with E-state index in [1.54, 1.807) is 0 Å². The average molecular weight is 414 g/mol. The number of quaternary nitrogens is 1. The Labute approximate surface area is 176 Å². The smallest absolute Gasteiger partial charge is 0.257 e. The van der Waals surface area contributed by atoms with Crippen molar-refractivity contribution in [2.24, 2.45) is 0 Å². The standard InChI is InChI=1S/C22H32N6O2/c1-6-7-19(20-24-25-26-28(20)22(3,4)5)27(10-11-29)14-17-13-16-9-8-15(2)12-18(16)23-21(17)30/h8-9,12-13,19,29H,6-7,10-11,14H2,1-5H3,(H,23,30)/p+1/t19-/m1/s1. The Hall–Kier alpha value is -2.58. The van der Waals surface area contributed by atoms with Crippen molar-refractivity contribution in [3.63, 3.8) is 0 Å². The van der Waals surface area contributed by atoms with Gasteiger partial charge in [-0.1, -0.05) is 25.5 Å². The van der Waals surface area contributed by atoms with Gasteiger partial charge in [0.15, 0.2) is 0 Å². The van der Waals surface area contributed by atoms with Gasteiger partial charge in [0.1, 0.15) is 19.1 Å². The van der Waals surface area contributed by atoms with Gasteiger partial charge in [-0.05, 0) is 61.2 Å². The predicted octanol–water partition coefficient (Wildman–Crippen LogP) is 1.50. The third-order valence-corrected chi connectivity index (χ3v) is 5.44. The molecule has 3 aromatic rings. The first kappa shape index (κ1) is 22.1. The minimum Gasteiger partial charge on any atom is -0.391 e. The van der Waals surface area contributed by atoms with E-state index in [9.17, 15) is 9.90 Å². The number of hydrogen-bond donors (Lipinski definition) is 3. The maximum atomic E-state index is 12.8. The zero-order valence-electron chi connectivity index (χ0n) is 18.6. The zero-order valence-corrected chi connectivity index (χ0v) is 18.6. The van der Waals surface area contributed by atoms with Gasteiger partial charge in [-0.15, -0.1) is 5.10 Å². The first-order chi connectivity index (χ1) is 14.2. The van der Waals surface area contributed by atoms with Crippen LogP contribution in [0.3, 0.4) is 0 Å². The summed E-state index contributed by atoms with van der Waals surface area (Å²) in [5.74, 6) is 0.792. The molecule has 8 nitrogen and oxygen atoms in total. The summed E-state index contributed by atoms with van der Waals surface area (Å²) < 4.78 is 1.86. The molecule has 1 unspecified atom stereocenters. The predicted molar refractivity (Wildman–Crippen MR) is 116 cm³/mol. The zero-order chi connectivity index (χ0) is 21.9. The van der Waals surface area contributed by atoms with E-state index in [2.05, 4.69) is 48.2 Å². The number of rotatable bonds is 8. The third-order valence-electron chi connectivity index (χ3n) is 5.44. The van der Waals surface area contributed by atoms with E-state index in [1.165, 1.54) is 0 Å². The Bertz CT molecular complexity index is 1050. The van der Waals surface area contributed by atoms with Gasteiger partial charge in [0, 0.05) is 11.9 Å². The van der Waals surface area contributed by atoms with Crippen LogP contribution in [0, 0.1) is 6.92 Å². The molecular weight excluding hydrogens is 380 g/mol. The molecule has 1 aromatic carbocycles. The number of benzene rings is 1. The molecule has 162 valence electrons. The van der Waals surface area contributed by atoms with Gasteiger partial charge in [-0.2, -0.15) is 0 Å². The summed E-state index contributed by atoms with van der Waals surface area (Å²) in [4.78, 5) is 16.9. The van der Waals surface area contributed by atoms with Crippen LogP contribution in [0.15, 0.2) is 29.1 Å². The number of nitrogens with one attached hydrogen (secondary N) is 2. The molecule has 0 aliphatic heterocycles. The molecule has 3 rings (SSSR count). The molecule has 2 aromatic heterocycles. The Morgan fingerprint density at radius 1 is 1.27 bits per heavy atom. The van der Waals surface area contributed by atoms with E-state index in [-0.39, 0.29) is 23.7 Å². The van der Waals surface area contributed by atoms with E-state index in [4.69, 9.17) is 0 Å². The van der Waals surface area contributed by atoms with Gasteiger partial charge >= 0.3 is 0 Å². The number of tetrazole rings is 1. The molecule has 2 atom stereocenters. The maximum absolute atomic E-state index is 12.8. The molecule has 0 saturated carbocycles. The van der Waals surface area contributed by atoms with Gasteiger partial charge in [-0.3, -0.25) is 4.79 Å². The minimum absolute atomic E-state index is 0.0236. The summed E-state index contributed by atoms with van der Waals surface area (Å²) in [6.07, 6.45) is 1.81. The number of fused-ring (bicyclic) bond motifs is 1. The van der Waals surface area contributed by atoms with Gasteiger partial charge in [0.25, 0.3) is 5.56 Å². The van der Waals surface area contributed by atoms with Crippen LogP contribution < -0.4 is 10.5 Å². The second-order valence-corrected chi connectivity index (χ2v) is 8.98. The number of aliphatic hydroxyl groups excluding tert-OH is 1. The highest BCUT2D eigenvalue weighted by molar-refractivity contribution is 5.79. The Morgan fingerprint density at radius 3 is 2.70 bits per heavy atom. The van der Waals surface area contributed by atoms with Crippen molar-refractivity contribution in [3.8, 4) is 0 Å². The molecular formula is C22H33N6O2+. The lowest BCUT2D eigenvalue weighted by Gasteiger charge is -2.29. The number of aliphatic hydroxyl groups is 1. The Morgan fingerprint density at radius 2 is 2.03 bits per heavy atom. The third kappa shape index (κ3) is 4.76. The number of nitrogens with zero attached hydrogens (tertiary/aromatic N) is 4. The SMILES string of the molecule is CCC[C@H](c1nnnn1C(C)(C)C)[NH+](CCO)Cc1cc2ccc(C)cc2[nH]c1=O. The fourth-order valence-electron chi connectivity index (χ4n) is 3.96. The molecule has 0 spiro atoms. The van der Waals surface area contributed by atoms with E-state index in [1.807, 2.05) is 35.9 Å². The van der Waals surface area contributed by atoms with Crippen molar-refractivity contribution in [1.82, 2.24) is 25.2 Å². The first-order valence-corrected chi connectivity index (χ1v) is 10.6. The fourth-order valence-corrected chi connectivity index (χ4v) is 3.96. The van der Waals surface area contributed by atoms with Gasteiger partial charge < -0.3 is 15.0 Å². The van der Waals surface area contributed by atoms with E-state index in [0.29, 0.717) is 18.7 Å². The highest BCUT2D eigenvalue weighted by atomic mass is 16.3. The lowest BCUT2D eigenvalue weighted by Crippen LogP contribution is -3.11. The molecule has 8 heteroatoms. The van der Waals surface area contributed by atoms with E-state index in [0.717, 1.165) is 40.0 Å². The Balaban J connectivity index is 2.00. The van der Waals surface area contributed by atoms with Crippen LogP contribution >= 0.6 is 0 Å². The summed E-state index contributed by atoms with van der Waals surface area (Å²) in [6.45, 7) is 11.4. The first-order valence-electron chi connectivity index (χ1n) is 10.6. The molecule has 3 N–H and O–H groups in total. The van der Waals surface area contributed by atoms with Gasteiger partial charge in [0.05, 0.1) is 17.7 Å². The molecule has 0 aliphatic rings. The number of pyridine rings is 1. The average Bonchev–Trinajstić information content (AvgIpc) is 3.16. The number of aryl methyl sites for hydroxylation is 1. The van der Waals surface area contributed by atoms with Crippen molar-refractivity contribution in [1.29, 1.82) is 0 Å². The highest BCUT2D eigenvalue weighted by Crippen LogP contribution is 2.20. The molecule has 0 saturated heterocycles. The van der Waals surface area contributed by atoms with E-state index < -0.39 is 0 Å². The number of hydrogen-bond acceptors (Lipinski definition) is 5. The summed E-state index contributed by atoms with van der Waals surface area (Å²) in [5, 5.41) is 23.3. The summed E-state index contributed by atoms with van der Waals surface area (Å²) in [6, 6.07) is 7.99. The van der Waals surface area contributed by atoms with Crippen molar-refractivity contribution < 1.29 is 10.0 Å². The number of aromatic amines is 1. The summed E-state index contributed by atoms with van der Waals surface area (Å²) in [7, 11) is 0. The van der Waals surface area contributed by atoms with Crippen LogP contribution in [0.5, 0.6) is 0 Å². The van der Waals surface area contributed by atoms with Crippen molar-refractivity contribution in [3.05, 3.63) is 51.6 Å². The quantitative estimate of drug-likeness (QED) is 0.520. The lowest BCUT2D eigenvalue weighted by atomic mass is 10.0. The van der Waals surface area contributed by atoms with Crippen LogP contribution in [0.25, 0.3) is 10.9 Å². The molecule has 0 amide bonds. The van der Waals surface area contributed by atoms with Gasteiger partial charge in [0.2, 0.25) is 5.82 Å². The van der Waals surface area contributed by atoms with Gasteiger partial charge in [-0.25, -0.2) is 4.68 Å². The second-order valence-electron chi connectivity index (χ2n) is 8.98.